The lowest BCUT2D eigenvalue weighted by molar-refractivity contribution is 0.0729. The minimum atomic E-state index is 0.0199. The van der Waals surface area contributed by atoms with E-state index in [1.54, 1.807) is 23.3 Å². The summed E-state index contributed by atoms with van der Waals surface area (Å²) in [5.41, 5.74) is 0. The minimum Gasteiger partial charge on any atom is -0.459 e. The summed E-state index contributed by atoms with van der Waals surface area (Å²) in [5, 5.41) is 0. The smallest absolute Gasteiger partial charge is 0.289 e. The fraction of sp³-hybridized carbons (Fsp3) is 0.550. The fourth-order valence-electron chi connectivity index (χ4n) is 4.02. The van der Waals surface area contributed by atoms with Crippen molar-refractivity contribution in [2.75, 3.05) is 26.2 Å². The average molecular weight is 359 g/mol. The van der Waals surface area contributed by atoms with Crippen molar-refractivity contribution in [2.45, 2.75) is 44.6 Å². The van der Waals surface area contributed by atoms with Crippen LogP contribution >= 0.6 is 11.3 Å². The van der Waals surface area contributed by atoms with Gasteiger partial charge in [0.15, 0.2) is 5.76 Å². The largest absolute Gasteiger partial charge is 0.459 e. The van der Waals surface area contributed by atoms with Gasteiger partial charge in [0.2, 0.25) is 0 Å². The molecule has 0 N–H and O–H groups in total. The van der Waals surface area contributed by atoms with Crippen LogP contribution < -0.4 is 0 Å². The molecule has 4 nitrogen and oxygen atoms in total. The van der Waals surface area contributed by atoms with Gasteiger partial charge in [-0.1, -0.05) is 12.8 Å². The van der Waals surface area contributed by atoms with E-state index in [2.05, 4.69) is 17.0 Å². The van der Waals surface area contributed by atoms with Gasteiger partial charge in [0.1, 0.15) is 0 Å². The first-order valence-electron chi connectivity index (χ1n) is 9.43. The summed E-state index contributed by atoms with van der Waals surface area (Å²) >= 11 is 2.00. The van der Waals surface area contributed by atoms with E-state index in [1.165, 1.54) is 30.6 Å². The average Bonchev–Trinajstić information content (AvgIpc) is 3.36. The molecule has 2 aromatic heterocycles. The predicted molar refractivity (Wildman–Crippen MR) is 100 cm³/mol. The van der Waals surface area contributed by atoms with Crippen LogP contribution in [0.5, 0.6) is 0 Å². The molecule has 0 bridgehead atoms. The Morgan fingerprint density at radius 3 is 2.76 bits per heavy atom. The summed E-state index contributed by atoms with van der Waals surface area (Å²) in [6, 6.07) is 8.19. The Hall–Kier alpha value is -1.59. The minimum absolute atomic E-state index is 0.0199. The maximum absolute atomic E-state index is 12.4. The van der Waals surface area contributed by atoms with Gasteiger partial charge < -0.3 is 9.32 Å². The first-order chi connectivity index (χ1) is 12.3. The number of amides is 1. The Morgan fingerprint density at radius 1 is 1.08 bits per heavy atom. The van der Waals surface area contributed by atoms with Gasteiger partial charge in [0, 0.05) is 42.5 Å². The number of hydrogen-bond donors (Lipinski definition) is 0. The SMILES string of the molecule is O=C(c1ccco1)N1CCCN(Cc2ccc(C3CCCC3)s2)CC1. The molecule has 0 aromatic carbocycles. The zero-order chi connectivity index (χ0) is 17.1. The van der Waals surface area contributed by atoms with Crippen LogP contribution in [0.25, 0.3) is 0 Å². The lowest BCUT2D eigenvalue weighted by atomic mass is 10.1. The van der Waals surface area contributed by atoms with Gasteiger partial charge in [-0.2, -0.15) is 0 Å². The zero-order valence-corrected chi connectivity index (χ0v) is 15.5. The van der Waals surface area contributed by atoms with Crippen LogP contribution in [0.2, 0.25) is 0 Å². The molecule has 5 heteroatoms. The van der Waals surface area contributed by atoms with E-state index in [-0.39, 0.29) is 5.91 Å². The summed E-state index contributed by atoms with van der Waals surface area (Å²) in [6.07, 6.45) is 8.11. The lowest BCUT2D eigenvalue weighted by Crippen LogP contribution is -2.34. The van der Waals surface area contributed by atoms with Crippen LogP contribution in [0.15, 0.2) is 34.9 Å². The summed E-state index contributed by atoms with van der Waals surface area (Å²) in [7, 11) is 0. The molecule has 1 saturated carbocycles. The second kappa shape index (κ2) is 7.75. The molecule has 1 aliphatic carbocycles. The molecule has 3 heterocycles. The quantitative estimate of drug-likeness (QED) is 0.815. The fourth-order valence-corrected chi connectivity index (χ4v) is 5.24. The third kappa shape index (κ3) is 3.98. The molecule has 1 amide bonds. The van der Waals surface area contributed by atoms with E-state index >= 15 is 0 Å². The van der Waals surface area contributed by atoms with E-state index < -0.39 is 0 Å². The molecule has 0 atom stereocenters. The van der Waals surface area contributed by atoms with Crippen LogP contribution in [-0.4, -0.2) is 41.9 Å². The number of carbonyl (C=O) groups is 1. The summed E-state index contributed by atoms with van der Waals surface area (Å²) in [5.74, 6) is 1.28. The van der Waals surface area contributed by atoms with E-state index in [9.17, 15) is 4.79 Å². The van der Waals surface area contributed by atoms with Crippen LogP contribution in [-0.2, 0) is 6.54 Å². The van der Waals surface area contributed by atoms with Crippen molar-refractivity contribution < 1.29 is 9.21 Å². The third-order valence-corrected chi connectivity index (χ3v) is 6.66. The predicted octanol–water partition coefficient (Wildman–Crippen LogP) is 4.35. The number of nitrogens with zero attached hydrogens (tertiary/aromatic N) is 2. The van der Waals surface area contributed by atoms with E-state index in [0.29, 0.717) is 5.76 Å². The molecule has 2 aromatic rings. The van der Waals surface area contributed by atoms with Crippen LogP contribution in [0.4, 0.5) is 0 Å². The van der Waals surface area contributed by atoms with Gasteiger partial charge in [-0.3, -0.25) is 9.69 Å². The number of thiophene rings is 1. The van der Waals surface area contributed by atoms with Gasteiger partial charge in [-0.05, 0) is 49.4 Å². The molecule has 1 saturated heterocycles. The molecule has 0 unspecified atom stereocenters. The maximum Gasteiger partial charge on any atom is 0.289 e. The highest BCUT2D eigenvalue weighted by Gasteiger charge is 2.23. The zero-order valence-electron chi connectivity index (χ0n) is 14.7. The molecule has 134 valence electrons. The first-order valence-corrected chi connectivity index (χ1v) is 10.2. The molecule has 1 aliphatic heterocycles. The van der Waals surface area contributed by atoms with E-state index in [0.717, 1.165) is 45.1 Å². The Labute approximate surface area is 153 Å². The molecule has 0 radical (unpaired) electrons. The molecule has 25 heavy (non-hydrogen) atoms. The Kier molecular flexibility index (Phi) is 5.22. The van der Waals surface area contributed by atoms with Crippen molar-refractivity contribution in [2.24, 2.45) is 0 Å². The van der Waals surface area contributed by atoms with Gasteiger partial charge in [-0.15, -0.1) is 11.3 Å². The van der Waals surface area contributed by atoms with Crippen molar-refractivity contribution >= 4 is 17.2 Å². The van der Waals surface area contributed by atoms with Crippen molar-refractivity contribution in [3.05, 3.63) is 46.0 Å². The number of hydrogen-bond acceptors (Lipinski definition) is 4. The molecular weight excluding hydrogens is 332 g/mol. The van der Waals surface area contributed by atoms with Gasteiger partial charge in [-0.25, -0.2) is 0 Å². The Balaban J connectivity index is 1.33. The van der Waals surface area contributed by atoms with Crippen molar-refractivity contribution in [1.29, 1.82) is 0 Å². The number of carbonyl (C=O) groups excluding carboxylic acids is 1. The molecule has 2 fully saturated rings. The van der Waals surface area contributed by atoms with E-state index in [4.69, 9.17) is 4.42 Å². The lowest BCUT2D eigenvalue weighted by Gasteiger charge is -2.21. The molecule has 0 spiro atoms. The Bertz CT molecular complexity index is 688. The summed E-state index contributed by atoms with van der Waals surface area (Å²) in [6.45, 7) is 4.59. The summed E-state index contributed by atoms with van der Waals surface area (Å²) < 4.78 is 5.26. The first kappa shape index (κ1) is 16.9. The number of rotatable bonds is 4. The monoisotopic (exact) mass is 358 g/mol. The van der Waals surface area contributed by atoms with Crippen LogP contribution in [0.1, 0.15) is 58.3 Å². The highest BCUT2D eigenvalue weighted by atomic mass is 32.1. The van der Waals surface area contributed by atoms with Crippen molar-refractivity contribution in [3.63, 3.8) is 0 Å². The molecule has 4 rings (SSSR count). The Morgan fingerprint density at radius 2 is 1.96 bits per heavy atom. The van der Waals surface area contributed by atoms with Gasteiger partial charge in [0.25, 0.3) is 5.91 Å². The second-order valence-electron chi connectivity index (χ2n) is 7.18. The molecule has 2 aliphatic rings. The maximum atomic E-state index is 12.4. The molecular formula is C20H26N2O2S. The van der Waals surface area contributed by atoms with Gasteiger partial charge in [0.05, 0.1) is 6.26 Å². The highest BCUT2D eigenvalue weighted by molar-refractivity contribution is 7.12. The standard InChI is InChI=1S/C20H26N2O2S/c23-20(18-7-3-14-24-18)22-11-4-10-21(12-13-22)15-17-8-9-19(25-17)16-5-1-2-6-16/h3,7-9,14,16H,1-2,4-6,10-13,15H2. The summed E-state index contributed by atoms with van der Waals surface area (Å²) in [4.78, 5) is 19.9. The van der Waals surface area contributed by atoms with Crippen LogP contribution in [0, 0.1) is 0 Å². The van der Waals surface area contributed by atoms with E-state index in [1.807, 2.05) is 16.2 Å². The normalized spacial score (nSPS) is 20.1. The van der Waals surface area contributed by atoms with Gasteiger partial charge >= 0.3 is 0 Å². The van der Waals surface area contributed by atoms with Crippen molar-refractivity contribution in [3.8, 4) is 0 Å². The highest BCUT2D eigenvalue weighted by Crippen LogP contribution is 2.37. The van der Waals surface area contributed by atoms with Crippen molar-refractivity contribution in [1.82, 2.24) is 9.80 Å². The topological polar surface area (TPSA) is 36.7 Å². The second-order valence-corrected chi connectivity index (χ2v) is 8.38. The van der Waals surface area contributed by atoms with Crippen LogP contribution in [0.3, 0.4) is 0 Å². The number of furan rings is 1. The third-order valence-electron chi connectivity index (χ3n) is 5.43.